The Hall–Kier alpha value is -2.99. The standard InChI is InChI=1S/C21H22N4O2/c1-16-22-21(23-27-16)19-9-5-8-18(12-19)13-24-10-11-25(20(26)15-24)14-17-6-3-2-4-7-17/h2-9,12H,10-11,13-15H2,1H3. The Labute approximate surface area is 158 Å². The number of aryl methyl sites for hydroxylation is 1. The van der Waals surface area contributed by atoms with Crippen LogP contribution in [0.25, 0.3) is 11.4 Å². The van der Waals surface area contributed by atoms with E-state index >= 15 is 0 Å². The first-order chi connectivity index (χ1) is 13.2. The van der Waals surface area contributed by atoms with Crippen LogP contribution in [-0.4, -0.2) is 45.5 Å². The molecule has 3 aromatic rings. The Bertz CT molecular complexity index is 923. The number of amides is 1. The molecule has 0 radical (unpaired) electrons. The van der Waals surface area contributed by atoms with Gasteiger partial charge in [0.25, 0.3) is 0 Å². The van der Waals surface area contributed by atoms with Crippen LogP contribution in [0.5, 0.6) is 0 Å². The molecule has 1 aromatic heterocycles. The molecule has 4 rings (SSSR count). The van der Waals surface area contributed by atoms with Crippen molar-refractivity contribution < 1.29 is 9.32 Å². The van der Waals surface area contributed by atoms with E-state index < -0.39 is 0 Å². The fraction of sp³-hybridized carbons (Fsp3) is 0.286. The fourth-order valence-corrected chi connectivity index (χ4v) is 3.35. The number of nitrogens with zero attached hydrogens (tertiary/aromatic N) is 4. The Morgan fingerprint density at radius 1 is 1.00 bits per heavy atom. The molecule has 2 aromatic carbocycles. The Balaban J connectivity index is 1.38. The fourth-order valence-electron chi connectivity index (χ4n) is 3.35. The average molecular weight is 362 g/mol. The molecule has 138 valence electrons. The summed E-state index contributed by atoms with van der Waals surface area (Å²) in [6.07, 6.45) is 0. The lowest BCUT2D eigenvalue weighted by molar-refractivity contribution is -0.136. The highest BCUT2D eigenvalue weighted by atomic mass is 16.5. The molecule has 0 aliphatic carbocycles. The van der Waals surface area contributed by atoms with Gasteiger partial charge in [-0.2, -0.15) is 4.98 Å². The van der Waals surface area contributed by atoms with Crippen molar-refractivity contribution in [2.75, 3.05) is 19.6 Å². The maximum Gasteiger partial charge on any atom is 0.237 e. The monoisotopic (exact) mass is 362 g/mol. The molecule has 1 fully saturated rings. The van der Waals surface area contributed by atoms with E-state index in [1.165, 1.54) is 5.56 Å². The predicted octanol–water partition coefficient (Wildman–Crippen LogP) is 2.89. The highest BCUT2D eigenvalue weighted by molar-refractivity contribution is 5.79. The third-order valence-electron chi connectivity index (χ3n) is 4.73. The minimum Gasteiger partial charge on any atom is -0.339 e. The van der Waals surface area contributed by atoms with Gasteiger partial charge in [0.2, 0.25) is 17.6 Å². The SMILES string of the molecule is Cc1nc(-c2cccc(CN3CCN(Cc4ccccc4)C(=O)C3)c2)no1. The number of aromatic nitrogens is 2. The number of rotatable bonds is 5. The van der Waals surface area contributed by atoms with E-state index in [-0.39, 0.29) is 5.91 Å². The van der Waals surface area contributed by atoms with E-state index in [1.807, 2.05) is 35.2 Å². The molecular weight excluding hydrogens is 340 g/mol. The molecular formula is C21H22N4O2. The molecule has 2 heterocycles. The second-order valence-electron chi connectivity index (χ2n) is 6.85. The number of hydrogen-bond donors (Lipinski definition) is 0. The second-order valence-corrected chi connectivity index (χ2v) is 6.85. The Kier molecular flexibility index (Phi) is 4.98. The van der Waals surface area contributed by atoms with E-state index in [4.69, 9.17) is 4.52 Å². The van der Waals surface area contributed by atoms with Crippen LogP contribution in [0.4, 0.5) is 0 Å². The first-order valence-electron chi connectivity index (χ1n) is 9.11. The third kappa shape index (κ3) is 4.23. The van der Waals surface area contributed by atoms with Gasteiger partial charge in [-0.25, -0.2) is 0 Å². The van der Waals surface area contributed by atoms with Gasteiger partial charge < -0.3 is 9.42 Å². The lowest BCUT2D eigenvalue weighted by Crippen LogP contribution is -2.49. The molecule has 6 heteroatoms. The molecule has 0 unspecified atom stereocenters. The Morgan fingerprint density at radius 2 is 1.81 bits per heavy atom. The maximum absolute atomic E-state index is 12.5. The van der Waals surface area contributed by atoms with Gasteiger partial charge in [0, 0.05) is 38.7 Å². The molecule has 6 nitrogen and oxygen atoms in total. The van der Waals surface area contributed by atoms with Gasteiger partial charge in [-0.05, 0) is 17.2 Å². The third-order valence-corrected chi connectivity index (χ3v) is 4.73. The van der Waals surface area contributed by atoms with E-state index in [0.717, 1.165) is 30.8 Å². The largest absolute Gasteiger partial charge is 0.339 e. The molecule has 1 saturated heterocycles. The molecule has 0 spiro atoms. The predicted molar refractivity (Wildman–Crippen MR) is 102 cm³/mol. The van der Waals surface area contributed by atoms with Crippen LogP contribution < -0.4 is 0 Å². The zero-order valence-corrected chi connectivity index (χ0v) is 15.3. The van der Waals surface area contributed by atoms with Crippen molar-refractivity contribution in [2.45, 2.75) is 20.0 Å². The first-order valence-corrected chi connectivity index (χ1v) is 9.11. The second kappa shape index (κ2) is 7.72. The molecule has 1 amide bonds. The van der Waals surface area contributed by atoms with E-state index in [1.54, 1.807) is 6.92 Å². The summed E-state index contributed by atoms with van der Waals surface area (Å²) < 4.78 is 5.06. The van der Waals surface area contributed by atoms with Crippen molar-refractivity contribution in [2.24, 2.45) is 0 Å². The molecule has 0 saturated carbocycles. The molecule has 1 aliphatic rings. The van der Waals surface area contributed by atoms with Crippen molar-refractivity contribution in [3.05, 3.63) is 71.6 Å². The summed E-state index contributed by atoms with van der Waals surface area (Å²) in [7, 11) is 0. The molecule has 27 heavy (non-hydrogen) atoms. The molecule has 1 aliphatic heterocycles. The van der Waals surface area contributed by atoms with Crippen LogP contribution in [0.15, 0.2) is 59.1 Å². The topological polar surface area (TPSA) is 62.5 Å². The van der Waals surface area contributed by atoms with Gasteiger partial charge >= 0.3 is 0 Å². The van der Waals surface area contributed by atoms with Gasteiger partial charge in [0.05, 0.1) is 6.54 Å². The zero-order chi connectivity index (χ0) is 18.6. The van der Waals surface area contributed by atoms with Gasteiger partial charge in [0.15, 0.2) is 0 Å². The number of carbonyl (C=O) groups excluding carboxylic acids is 1. The highest BCUT2D eigenvalue weighted by Gasteiger charge is 2.24. The van der Waals surface area contributed by atoms with Crippen LogP contribution in [0, 0.1) is 6.92 Å². The van der Waals surface area contributed by atoms with Crippen molar-refractivity contribution in [1.29, 1.82) is 0 Å². The van der Waals surface area contributed by atoms with E-state index in [9.17, 15) is 4.79 Å². The summed E-state index contributed by atoms with van der Waals surface area (Å²) in [6.45, 7) is 5.25. The summed E-state index contributed by atoms with van der Waals surface area (Å²) >= 11 is 0. The number of piperazine rings is 1. The van der Waals surface area contributed by atoms with Crippen LogP contribution in [-0.2, 0) is 17.9 Å². The summed E-state index contributed by atoms with van der Waals surface area (Å²) in [5, 5.41) is 3.98. The van der Waals surface area contributed by atoms with Crippen molar-refractivity contribution in [1.82, 2.24) is 19.9 Å². The number of carbonyl (C=O) groups is 1. The minimum atomic E-state index is 0.176. The Morgan fingerprint density at radius 3 is 2.56 bits per heavy atom. The number of benzene rings is 2. The summed E-state index contributed by atoms with van der Waals surface area (Å²) in [5.41, 5.74) is 3.24. The lowest BCUT2D eigenvalue weighted by Gasteiger charge is -2.34. The maximum atomic E-state index is 12.5. The zero-order valence-electron chi connectivity index (χ0n) is 15.3. The van der Waals surface area contributed by atoms with E-state index in [0.29, 0.717) is 24.8 Å². The van der Waals surface area contributed by atoms with Crippen LogP contribution in [0.1, 0.15) is 17.0 Å². The van der Waals surface area contributed by atoms with Crippen molar-refractivity contribution in [3.63, 3.8) is 0 Å². The van der Waals surface area contributed by atoms with Gasteiger partial charge in [-0.15, -0.1) is 0 Å². The smallest absolute Gasteiger partial charge is 0.237 e. The van der Waals surface area contributed by atoms with E-state index in [2.05, 4.69) is 39.3 Å². The van der Waals surface area contributed by atoms with Crippen LogP contribution in [0.2, 0.25) is 0 Å². The summed E-state index contributed by atoms with van der Waals surface area (Å²) in [6, 6.07) is 18.2. The van der Waals surface area contributed by atoms with Crippen molar-refractivity contribution in [3.8, 4) is 11.4 Å². The summed E-state index contributed by atoms with van der Waals surface area (Å²) in [4.78, 5) is 20.9. The van der Waals surface area contributed by atoms with Crippen molar-refractivity contribution >= 4 is 5.91 Å². The summed E-state index contributed by atoms with van der Waals surface area (Å²) in [5.74, 6) is 1.32. The molecule has 0 N–H and O–H groups in total. The first kappa shape index (κ1) is 17.4. The minimum absolute atomic E-state index is 0.176. The van der Waals surface area contributed by atoms with Gasteiger partial charge in [0.1, 0.15) is 0 Å². The normalized spacial score (nSPS) is 15.3. The van der Waals surface area contributed by atoms with Crippen LogP contribution >= 0.6 is 0 Å². The molecule has 0 atom stereocenters. The number of hydrogen-bond acceptors (Lipinski definition) is 5. The van der Waals surface area contributed by atoms with Crippen LogP contribution in [0.3, 0.4) is 0 Å². The average Bonchev–Trinajstić information content (AvgIpc) is 3.12. The van der Waals surface area contributed by atoms with Gasteiger partial charge in [-0.3, -0.25) is 9.69 Å². The van der Waals surface area contributed by atoms with Gasteiger partial charge in [-0.1, -0.05) is 53.7 Å². The molecule has 0 bridgehead atoms. The quantitative estimate of drug-likeness (QED) is 0.698. The highest BCUT2D eigenvalue weighted by Crippen LogP contribution is 2.19. The lowest BCUT2D eigenvalue weighted by atomic mass is 10.1.